The van der Waals surface area contributed by atoms with Crippen molar-refractivity contribution in [2.75, 3.05) is 26.3 Å². The Kier molecular flexibility index (Phi) is 8.47. The summed E-state index contributed by atoms with van der Waals surface area (Å²) in [7, 11) is 0. The Balaban J connectivity index is 3.27. The average Bonchev–Trinajstić information content (AvgIpc) is 2.02. The van der Waals surface area contributed by atoms with Gasteiger partial charge in [-0.25, -0.2) is 0 Å². The van der Waals surface area contributed by atoms with Crippen molar-refractivity contribution in [3.63, 3.8) is 0 Å². The molecule has 0 aliphatic carbocycles. The lowest BCUT2D eigenvalue weighted by Gasteiger charge is -2.13. The van der Waals surface area contributed by atoms with Crippen molar-refractivity contribution in [2.45, 2.75) is 20.0 Å². The van der Waals surface area contributed by atoms with Gasteiger partial charge >= 0.3 is 0 Å². The normalized spacial score (nSPS) is 13.2. The van der Waals surface area contributed by atoms with E-state index in [1.807, 2.05) is 0 Å². The van der Waals surface area contributed by atoms with E-state index in [9.17, 15) is 5.11 Å². The van der Waals surface area contributed by atoms with Gasteiger partial charge < -0.3 is 15.2 Å². The molecule has 0 aliphatic rings. The maximum atomic E-state index is 9.44. The van der Waals surface area contributed by atoms with E-state index in [0.717, 1.165) is 4.48 Å². The standard InChI is InChI=1S/C10H20BrNO2/c1-8(2)6-14-7-10(13)5-12-4-9(3)11/h8,10,12-13H,3-7H2,1-2H3. The molecule has 0 aromatic carbocycles. The third-order valence-electron chi connectivity index (χ3n) is 1.46. The van der Waals surface area contributed by atoms with E-state index in [4.69, 9.17) is 4.74 Å². The van der Waals surface area contributed by atoms with E-state index in [1.54, 1.807) is 0 Å². The number of nitrogens with one attached hydrogen (secondary N) is 1. The summed E-state index contributed by atoms with van der Waals surface area (Å²) in [6.45, 7) is 10.1. The Bertz CT molecular complexity index is 162. The van der Waals surface area contributed by atoms with Crippen molar-refractivity contribution >= 4 is 15.9 Å². The van der Waals surface area contributed by atoms with E-state index >= 15 is 0 Å². The summed E-state index contributed by atoms with van der Waals surface area (Å²) in [5.41, 5.74) is 0. The Labute approximate surface area is 94.7 Å². The third-order valence-corrected chi connectivity index (χ3v) is 1.74. The zero-order valence-corrected chi connectivity index (χ0v) is 10.5. The van der Waals surface area contributed by atoms with Gasteiger partial charge in [0.05, 0.1) is 12.7 Å². The van der Waals surface area contributed by atoms with Crippen LogP contribution in [0, 0.1) is 5.92 Å². The van der Waals surface area contributed by atoms with Gasteiger partial charge in [-0.05, 0) is 5.92 Å². The maximum Gasteiger partial charge on any atom is 0.0897 e. The summed E-state index contributed by atoms with van der Waals surface area (Å²) in [6, 6.07) is 0. The Morgan fingerprint density at radius 1 is 1.50 bits per heavy atom. The van der Waals surface area contributed by atoms with Crippen molar-refractivity contribution < 1.29 is 9.84 Å². The van der Waals surface area contributed by atoms with E-state index in [1.165, 1.54) is 0 Å². The van der Waals surface area contributed by atoms with Crippen molar-refractivity contribution in [3.05, 3.63) is 11.1 Å². The fourth-order valence-corrected chi connectivity index (χ4v) is 1.07. The molecule has 0 fully saturated rings. The predicted molar refractivity (Wildman–Crippen MR) is 62.6 cm³/mol. The van der Waals surface area contributed by atoms with Crippen LogP contribution in [0.1, 0.15) is 13.8 Å². The quantitative estimate of drug-likeness (QED) is 0.700. The molecule has 0 saturated heterocycles. The molecule has 2 N–H and O–H groups in total. The number of aliphatic hydroxyl groups excluding tert-OH is 1. The van der Waals surface area contributed by atoms with Crippen molar-refractivity contribution in [1.29, 1.82) is 0 Å². The molecular formula is C10H20BrNO2. The molecule has 0 amide bonds. The Morgan fingerprint density at radius 3 is 2.64 bits per heavy atom. The van der Waals surface area contributed by atoms with Gasteiger partial charge in [-0.3, -0.25) is 0 Å². The van der Waals surface area contributed by atoms with Crippen LogP contribution in [-0.2, 0) is 4.74 Å². The molecule has 1 atom stereocenters. The fourth-order valence-electron chi connectivity index (χ4n) is 0.873. The highest BCUT2D eigenvalue weighted by atomic mass is 79.9. The summed E-state index contributed by atoms with van der Waals surface area (Å²) < 4.78 is 6.17. The molecule has 0 aromatic heterocycles. The Hall–Kier alpha value is 0.1000. The molecule has 3 nitrogen and oxygen atoms in total. The molecule has 0 bridgehead atoms. The van der Waals surface area contributed by atoms with Crippen LogP contribution in [0.2, 0.25) is 0 Å². The average molecular weight is 266 g/mol. The first-order chi connectivity index (χ1) is 6.52. The fraction of sp³-hybridized carbons (Fsp3) is 0.800. The van der Waals surface area contributed by atoms with E-state index in [0.29, 0.717) is 32.2 Å². The van der Waals surface area contributed by atoms with Gasteiger partial charge in [-0.2, -0.15) is 0 Å². The van der Waals surface area contributed by atoms with Crippen LogP contribution in [-0.4, -0.2) is 37.5 Å². The van der Waals surface area contributed by atoms with E-state index in [-0.39, 0.29) is 0 Å². The molecule has 84 valence electrons. The van der Waals surface area contributed by atoms with Gasteiger partial charge in [0.25, 0.3) is 0 Å². The SMILES string of the molecule is C=C(Br)CNCC(O)COCC(C)C. The minimum absolute atomic E-state index is 0.389. The van der Waals surface area contributed by atoms with Gasteiger partial charge in [0, 0.05) is 24.2 Å². The second-order valence-electron chi connectivity index (χ2n) is 3.73. The number of ether oxygens (including phenoxy) is 1. The summed E-state index contributed by atoms with van der Waals surface area (Å²) in [5, 5.41) is 12.5. The summed E-state index contributed by atoms with van der Waals surface area (Å²) >= 11 is 3.23. The molecule has 0 spiro atoms. The number of halogens is 1. The molecule has 4 heteroatoms. The van der Waals surface area contributed by atoms with Crippen LogP contribution in [0.25, 0.3) is 0 Å². The van der Waals surface area contributed by atoms with E-state index < -0.39 is 6.10 Å². The summed E-state index contributed by atoms with van der Waals surface area (Å²) in [6.07, 6.45) is -0.444. The van der Waals surface area contributed by atoms with Crippen LogP contribution >= 0.6 is 15.9 Å². The maximum absolute atomic E-state index is 9.44. The molecule has 0 saturated carbocycles. The highest BCUT2D eigenvalue weighted by molar-refractivity contribution is 9.11. The van der Waals surface area contributed by atoms with Crippen LogP contribution in [0.4, 0.5) is 0 Å². The van der Waals surface area contributed by atoms with Crippen LogP contribution in [0.5, 0.6) is 0 Å². The van der Waals surface area contributed by atoms with Gasteiger partial charge in [0.2, 0.25) is 0 Å². The van der Waals surface area contributed by atoms with Crippen molar-refractivity contribution in [3.8, 4) is 0 Å². The number of rotatable bonds is 8. The topological polar surface area (TPSA) is 41.5 Å². The number of aliphatic hydroxyl groups is 1. The second kappa shape index (κ2) is 8.41. The van der Waals surface area contributed by atoms with Crippen molar-refractivity contribution in [2.24, 2.45) is 5.92 Å². The third kappa shape index (κ3) is 10.2. The Morgan fingerprint density at radius 2 is 2.14 bits per heavy atom. The van der Waals surface area contributed by atoms with Crippen molar-refractivity contribution in [1.82, 2.24) is 5.32 Å². The zero-order valence-electron chi connectivity index (χ0n) is 8.92. The van der Waals surface area contributed by atoms with E-state index in [2.05, 4.69) is 41.7 Å². The van der Waals surface area contributed by atoms with Gasteiger partial charge in [-0.1, -0.05) is 36.4 Å². The monoisotopic (exact) mass is 265 g/mol. The molecule has 0 aliphatic heterocycles. The lowest BCUT2D eigenvalue weighted by atomic mass is 10.2. The highest BCUT2D eigenvalue weighted by Crippen LogP contribution is 1.97. The molecule has 0 aromatic rings. The van der Waals surface area contributed by atoms with Crippen LogP contribution in [0.15, 0.2) is 11.1 Å². The van der Waals surface area contributed by atoms with Gasteiger partial charge in [-0.15, -0.1) is 0 Å². The first-order valence-corrected chi connectivity index (χ1v) is 5.61. The lowest BCUT2D eigenvalue weighted by Crippen LogP contribution is -2.31. The first kappa shape index (κ1) is 14.1. The largest absolute Gasteiger partial charge is 0.389 e. The molecular weight excluding hydrogens is 246 g/mol. The summed E-state index contributed by atoms with van der Waals surface area (Å²) in [4.78, 5) is 0. The first-order valence-electron chi connectivity index (χ1n) is 4.82. The van der Waals surface area contributed by atoms with Gasteiger partial charge in [0.1, 0.15) is 0 Å². The van der Waals surface area contributed by atoms with Crippen LogP contribution < -0.4 is 5.32 Å². The molecule has 1 unspecified atom stereocenters. The zero-order chi connectivity index (χ0) is 11.0. The minimum Gasteiger partial charge on any atom is -0.389 e. The number of hydrogen-bond donors (Lipinski definition) is 2. The molecule has 0 radical (unpaired) electrons. The minimum atomic E-state index is -0.444. The second-order valence-corrected chi connectivity index (χ2v) is 4.85. The predicted octanol–water partition coefficient (Wildman–Crippen LogP) is 1.52. The highest BCUT2D eigenvalue weighted by Gasteiger charge is 2.04. The van der Waals surface area contributed by atoms with Crippen LogP contribution in [0.3, 0.4) is 0 Å². The summed E-state index contributed by atoms with van der Waals surface area (Å²) in [5.74, 6) is 0.512. The lowest BCUT2D eigenvalue weighted by molar-refractivity contribution is 0.0266. The number of hydrogen-bond acceptors (Lipinski definition) is 3. The smallest absolute Gasteiger partial charge is 0.0897 e. The molecule has 0 rings (SSSR count). The molecule has 0 heterocycles. The van der Waals surface area contributed by atoms with Gasteiger partial charge in [0.15, 0.2) is 0 Å². The molecule has 14 heavy (non-hydrogen) atoms.